The quantitative estimate of drug-likeness (QED) is 0.651. The molecule has 0 aromatic carbocycles. The molecule has 0 radical (unpaired) electrons. The molecule has 9 heteroatoms. The van der Waals surface area contributed by atoms with Crippen LogP contribution in [0.5, 0.6) is 0 Å². The van der Waals surface area contributed by atoms with E-state index in [1.807, 2.05) is 15.6 Å². The zero-order chi connectivity index (χ0) is 25.4. The lowest BCUT2D eigenvalue weighted by Gasteiger charge is -2.43. The summed E-state index contributed by atoms with van der Waals surface area (Å²) in [6.07, 6.45) is 15.0. The first-order valence-electron chi connectivity index (χ1n) is 13.5. The normalized spacial score (nSPS) is 23.6. The van der Waals surface area contributed by atoms with Crippen molar-refractivity contribution in [3.05, 3.63) is 48.3 Å². The summed E-state index contributed by atoms with van der Waals surface area (Å²) < 4.78 is 6.90. The average Bonchev–Trinajstić information content (AvgIpc) is 3.71. The number of piperidine rings is 1. The van der Waals surface area contributed by atoms with Gasteiger partial charge in [0.2, 0.25) is 5.91 Å². The number of hydrogen-bond donors (Lipinski definition) is 2. The van der Waals surface area contributed by atoms with Crippen LogP contribution in [0.4, 0.5) is 10.5 Å². The average molecular weight is 505 g/mol. The fraction of sp³-hybridized carbons (Fsp3) is 0.536. The first-order valence-corrected chi connectivity index (χ1v) is 13.5. The Morgan fingerprint density at radius 2 is 1.95 bits per heavy atom. The summed E-state index contributed by atoms with van der Waals surface area (Å²) in [5.41, 5.74) is 4.26. The summed E-state index contributed by atoms with van der Waals surface area (Å²) in [7, 11) is 1.42. The number of fused-ring (bicyclic) bond motifs is 1. The van der Waals surface area contributed by atoms with Crippen LogP contribution in [0, 0.1) is 11.8 Å². The van der Waals surface area contributed by atoms with E-state index in [9.17, 15) is 9.59 Å². The second kappa shape index (κ2) is 9.85. The van der Waals surface area contributed by atoms with Crippen molar-refractivity contribution in [1.82, 2.24) is 25.1 Å². The van der Waals surface area contributed by atoms with Crippen LogP contribution in [0.3, 0.4) is 0 Å². The Hall–Kier alpha value is -3.33. The maximum Gasteiger partial charge on any atom is 0.407 e. The van der Waals surface area contributed by atoms with Crippen molar-refractivity contribution in [1.29, 1.82) is 0 Å². The van der Waals surface area contributed by atoms with Gasteiger partial charge >= 0.3 is 6.09 Å². The molecular formula is C28H36N6O3. The fourth-order valence-electron chi connectivity index (χ4n) is 6.14. The van der Waals surface area contributed by atoms with Crippen molar-refractivity contribution in [2.45, 2.75) is 37.6 Å². The van der Waals surface area contributed by atoms with Crippen molar-refractivity contribution in [3.8, 4) is 0 Å². The zero-order valence-electron chi connectivity index (χ0n) is 21.5. The molecule has 0 spiro atoms. The van der Waals surface area contributed by atoms with E-state index in [4.69, 9.17) is 4.74 Å². The largest absolute Gasteiger partial charge is 0.453 e. The van der Waals surface area contributed by atoms with Gasteiger partial charge in [0.15, 0.2) is 0 Å². The molecule has 2 aromatic rings. The zero-order valence-corrected chi connectivity index (χ0v) is 21.5. The van der Waals surface area contributed by atoms with Gasteiger partial charge in [-0.2, -0.15) is 5.10 Å². The Morgan fingerprint density at radius 1 is 1.16 bits per heavy atom. The third-order valence-corrected chi connectivity index (χ3v) is 8.52. The van der Waals surface area contributed by atoms with Gasteiger partial charge in [-0.05, 0) is 62.9 Å². The molecule has 1 unspecified atom stereocenters. The molecule has 2 aliphatic heterocycles. The molecule has 2 aliphatic carbocycles. The highest BCUT2D eigenvalue weighted by atomic mass is 16.5. The number of nitrogens with one attached hydrogen (secondary N) is 2. The van der Waals surface area contributed by atoms with E-state index in [-0.39, 0.29) is 23.5 Å². The van der Waals surface area contributed by atoms with Gasteiger partial charge in [0.05, 0.1) is 23.9 Å². The number of piperazine rings is 1. The molecule has 4 heterocycles. The number of anilines is 1. The van der Waals surface area contributed by atoms with E-state index in [2.05, 4.69) is 57.2 Å². The van der Waals surface area contributed by atoms with Gasteiger partial charge in [0.25, 0.3) is 0 Å². The number of rotatable bonds is 5. The molecule has 1 saturated carbocycles. The van der Waals surface area contributed by atoms with Crippen LogP contribution in [-0.2, 0) is 9.53 Å². The lowest BCUT2D eigenvalue weighted by atomic mass is 9.73. The van der Waals surface area contributed by atoms with Gasteiger partial charge in [-0.15, -0.1) is 0 Å². The summed E-state index contributed by atoms with van der Waals surface area (Å²) in [5, 5.41) is 11.1. The van der Waals surface area contributed by atoms with Gasteiger partial charge in [-0.3, -0.25) is 4.79 Å². The summed E-state index contributed by atoms with van der Waals surface area (Å²) in [6, 6.07) is 4.30. The van der Waals surface area contributed by atoms with Crippen LogP contribution in [0.25, 0.3) is 11.1 Å². The number of methoxy groups -OCH3 is 1. The first-order chi connectivity index (χ1) is 18.1. The predicted octanol–water partition coefficient (Wildman–Crippen LogP) is 2.83. The second-order valence-corrected chi connectivity index (χ2v) is 10.7. The van der Waals surface area contributed by atoms with Crippen molar-refractivity contribution < 1.29 is 14.3 Å². The second-order valence-electron chi connectivity index (χ2n) is 10.7. The third kappa shape index (κ3) is 4.72. The number of amides is 2. The maximum atomic E-state index is 12.5. The van der Waals surface area contributed by atoms with E-state index < -0.39 is 0 Å². The molecule has 196 valence electrons. The Labute approximate surface area is 217 Å². The summed E-state index contributed by atoms with van der Waals surface area (Å²) in [6.45, 7) is 5.01. The van der Waals surface area contributed by atoms with Crippen LogP contribution >= 0.6 is 0 Å². The van der Waals surface area contributed by atoms with E-state index in [0.29, 0.717) is 5.91 Å². The smallest absolute Gasteiger partial charge is 0.407 e. The maximum absolute atomic E-state index is 12.5. The van der Waals surface area contributed by atoms with Gasteiger partial charge in [0.1, 0.15) is 0 Å². The van der Waals surface area contributed by atoms with Crippen LogP contribution in [0.1, 0.15) is 37.7 Å². The molecule has 6 rings (SSSR count). The van der Waals surface area contributed by atoms with Crippen LogP contribution in [0.2, 0.25) is 0 Å². The summed E-state index contributed by atoms with van der Waals surface area (Å²) >= 11 is 0. The Bertz CT molecular complexity index is 1230. The molecule has 9 nitrogen and oxygen atoms in total. The minimum atomic E-state index is -0.361. The van der Waals surface area contributed by atoms with E-state index in [1.165, 1.54) is 12.7 Å². The monoisotopic (exact) mass is 504 g/mol. The van der Waals surface area contributed by atoms with Gasteiger partial charge < -0.3 is 25.2 Å². The standard InChI is InChI=1S/C28H36N6O3/c1-37-27(36)31-28(9-12-29-13-10-28)23-6-4-20(5-7-23)22-18-25-24(8-11-30-34(25)19-22)32-14-16-33(17-15-32)26(35)21-2-3-21/h4-6,8,11,18-19,21,23,29H,2-3,7,9-10,12-17H2,1H3,(H,31,36). The molecule has 2 amide bonds. The van der Waals surface area contributed by atoms with Crippen molar-refractivity contribution >= 4 is 28.8 Å². The van der Waals surface area contributed by atoms with Gasteiger partial charge in [-0.1, -0.05) is 18.2 Å². The van der Waals surface area contributed by atoms with Crippen molar-refractivity contribution in [3.63, 3.8) is 0 Å². The number of hydrogen-bond acceptors (Lipinski definition) is 6. The Morgan fingerprint density at radius 3 is 2.62 bits per heavy atom. The molecular weight excluding hydrogens is 468 g/mol. The summed E-state index contributed by atoms with van der Waals surface area (Å²) in [5.74, 6) is 0.842. The number of aromatic nitrogens is 2. The van der Waals surface area contributed by atoms with Crippen LogP contribution < -0.4 is 15.5 Å². The number of nitrogens with zero attached hydrogens (tertiary/aromatic N) is 4. The molecule has 0 bridgehead atoms. The lowest BCUT2D eigenvalue weighted by molar-refractivity contribution is -0.132. The highest BCUT2D eigenvalue weighted by Crippen LogP contribution is 2.37. The number of alkyl carbamates (subject to hydrolysis) is 1. The predicted molar refractivity (Wildman–Crippen MR) is 142 cm³/mol. The SMILES string of the molecule is COC(=O)NC1(C2C=CC(c3cc4c(N5CCN(C(=O)C6CC6)CC5)ccnn4c3)=CC2)CCNCC1. The van der Waals surface area contributed by atoms with E-state index in [1.54, 1.807) is 0 Å². The minimum absolute atomic E-state index is 0.220. The van der Waals surface area contributed by atoms with Crippen molar-refractivity contribution in [2.24, 2.45) is 11.8 Å². The van der Waals surface area contributed by atoms with E-state index in [0.717, 1.165) is 88.1 Å². The Kier molecular flexibility index (Phi) is 6.40. The number of carbonyl (C=O) groups is 2. The van der Waals surface area contributed by atoms with Crippen LogP contribution in [-0.4, -0.2) is 78.4 Å². The topological polar surface area (TPSA) is 91.2 Å². The fourth-order valence-corrected chi connectivity index (χ4v) is 6.14. The van der Waals surface area contributed by atoms with Crippen LogP contribution in [0.15, 0.2) is 42.8 Å². The van der Waals surface area contributed by atoms with Crippen molar-refractivity contribution in [2.75, 3.05) is 51.3 Å². The molecule has 4 aliphatic rings. The van der Waals surface area contributed by atoms with Gasteiger partial charge in [0, 0.05) is 56.0 Å². The summed E-state index contributed by atoms with van der Waals surface area (Å²) in [4.78, 5) is 29.0. The lowest BCUT2D eigenvalue weighted by Crippen LogP contribution is -2.58. The highest BCUT2D eigenvalue weighted by molar-refractivity contribution is 5.83. The van der Waals surface area contributed by atoms with E-state index >= 15 is 0 Å². The minimum Gasteiger partial charge on any atom is -0.453 e. The molecule has 3 fully saturated rings. The molecule has 2 N–H and O–H groups in total. The number of allylic oxidation sites excluding steroid dienone is 3. The number of ether oxygens (including phenoxy) is 1. The molecule has 1 atom stereocenters. The molecule has 2 aromatic heterocycles. The molecule has 2 saturated heterocycles. The first kappa shape index (κ1) is 24.0. The highest BCUT2D eigenvalue weighted by Gasteiger charge is 2.40. The van der Waals surface area contributed by atoms with Gasteiger partial charge in [-0.25, -0.2) is 9.31 Å². The molecule has 37 heavy (non-hydrogen) atoms. The number of carbonyl (C=O) groups excluding carboxylic acids is 2. The third-order valence-electron chi connectivity index (χ3n) is 8.52. The Balaban J connectivity index is 1.18.